The van der Waals surface area contributed by atoms with Gasteiger partial charge in [-0.2, -0.15) is 18.2 Å². The van der Waals surface area contributed by atoms with Crippen LogP contribution in [0.1, 0.15) is 37.4 Å². The van der Waals surface area contributed by atoms with Gasteiger partial charge >= 0.3 is 6.18 Å². The molecule has 0 fully saturated rings. The lowest BCUT2D eigenvalue weighted by Crippen LogP contribution is -2.04. The summed E-state index contributed by atoms with van der Waals surface area (Å²) >= 11 is 0. The van der Waals surface area contributed by atoms with Crippen molar-refractivity contribution in [2.45, 2.75) is 38.8 Å². The third-order valence-corrected chi connectivity index (χ3v) is 5.45. The van der Waals surface area contributed by atoms with Crippen LogP contribution in [0.2, 0.25) is 0 Å². The molecule has 0 saturated heterocycles. The Bertz CT molecular complexity index is 1300. The highest BCUT2D eigenvalue weighted by atomic mass is 19.4. The van der Waals surface area contributed by atoms with Gasteiger partial charge in [0.1, 0.15) is 5.82 Å². The van der Waals surface area contributed by atoms with Gasteiger partial charge in [-0.05, 0) is 49.2 Å². The highest BCUT2D eigenvalue weighted by Crippen LogP contribution is 2.32. The molecule has 6 nitrogen and oxygen atoms in total. The number of anilines is 4. The van der Waals surface area contributed by atoms with Crippen LogP contribution in [0.3, 0.4) is 0 Å². The fourth-order valence-corrected chi connectivity index (χ4v) is 3.73. The number of fused-ring (bicyclic) bond motifs is 1. The van der Waals surface area contributed by atoms with Crippen molar-refractivity contribution in [3.63, 3.8) is 0 Å². The summed E-state index contributed by atoms with van der Waals surface area (Å²) in [5.74, 6) is 0.406. The average Bonchev–Trinajstić information content (AvgIpc) is 2.79. The van der Waals surface area contributed by atoms with E-state index in [1.54, 1.807) is 6.07 Å². The summed E-state index contributed by atoms with van der Waals surface area (Å²) in [6, 6.07) is 13.9. The van der Waals surface area contributed by atoms with Gasteiger partial charge in [0.25, 0.3) is 0 Å². The number of pyridine rings is 1. The van der Waals surface area contributed by atoms with Crippen molar-refractivity contribution in [1.29, 1.82) is 0 Å². The molecule has 5 N–H and O–H groups in total. The first-order valence-corrected chi connectivity index (χ1v) is 11.0. The Morgan fingerprint density at radius 1 is 0.882 bits per heavy atom. The second-order valence-corrected chi connectivity index (χ2v) is 8.09. The average molecular weight is 467 g/mol. The molecular formula is C25H25F3N6. The predicted molar refractivity (Wildman–Crippen MR) is 130 cm³/mol. The van der Waals surface area contributed by atoms with Crippen LogP contribution < -0.4 is 16.8 Å². The Morgan fingerprint density at radius 3 is 2.35 bits per heavy atom. The summed E-state index contributed by atoms with van der Waals surface area (Å²) in [5.41, 5.74) is 15.5. The first-order chi connectivity index (χ1) is 16.2. The number of nitrogen functional groups attached to an aromatic ring is 2. The van der Waals surface area contributed by atoms with Gasteiger partial charge in [-0.1, -0.05) is 31.9 Å². The topological polar surface area (TPSA) is 103 Å². The predicted octanol–water partition coefficient (Wildman–Crippen LogP) is 6.35. The largest absolute Gasteiger partial charge is 0.416 e. The van der Waals surface area contributed by atoms with E-state index in [1.165, 1.54) is 12.1 Å². The van der Waals surface area contributed by atoms with Crippen molar-refractivity contribution < 1.29 is 13.2 Å². The van der Waals surface area contributed by atoms with Gasteiger partial charge in [0, 0.05) is 34.1 Å². The molecule has 0 amide bonds. The fourth-order valence-electron chi connectivity index (χ4n) is 3.73. The van der Waals surface area contributed by atoms with E-state index in [2.05, 4.69) is 22.2 Å². The van der Waals surface area contributed by atoms with Crippen molar-refractivity contribution in [2.24, 2.45) is 0 Å². The number of alkyl halides is 3. The smallest absolute Gasteiger partial charge is 0.398 e. The molecule has 176 valence electrons. The van der Waals surface area contributed by atoms with Crippen molar-refractivity contribution in [2.75, 3.05) is 16.8 Å². The molecule has 0 bridgehead atoms. The number of benzene rings is 2. The Kier molecular flexibility index (Phi) is 6.54. The van der Waals surface area contributed by atoms with Gasteiger partial charge < -0.3 is 16.8 Å². The maximum Gasteiger partial charge on any atom is 0.416 e. The van der Waals surface area contributed by atoms with Crippen LogP contribution in [0.25, 0.3) is 22.2 Å². The Morgan fingerprint density at radius 2 is 1.65 bits per heavy atom. The van der Waals surface area contributed by atoms with Gasteiger partial charge in [0.15, 0.2) is 0 Å². The number of aryl methyl sites for hydroxylation is 1. The number of hydrogen-bond acceptors (Lipinski definition) is 6. The van der Waals surface area contributed by atoms with Gasteiger partial charge in [-0.3, -0.25) is 4.98 Å². The summed E-state index contributed by atoms with van der Waals surface area (Å²) in [7, 11) is 0. The van der Waals surface area contributed by atoms with E-state index in [-0.39, 0.29) is 5.95 Å². The highest BCUT2D eigenvalue weighted by molar-refractivity contribution is 5.93. The van der Waals surface area contributed by atoms with Crippen LogP contribution in [0.15, 0.2) is 54.6 Å². The maximum atomic E-state index is 12.9. The molecule has 0 saturated carbocycles. The van der Waals surface area contributed by atoms with E-state index >= 15 is 0 Å². The van der Waals surface area contributed by atoms with Crippen LogP contribution in [-0.2, 0) is 12.6 Å². The van der Waals surface area contributed by atoms with Gasteiger partial charge in [-0.15, -0.1) is 0 Å². The molecule has 4 rings (SSSR count). The van der Waals surface area contributed by atoms with Crippen LogP contribution >= 0.6 is 0 Å². The molecule has 4 aromatic rings. The molecule has 2 aromatic heterocycles. The number of hydrogen-bond donors (Lipinski definition) is 3. The quantitative estimate of drug-likeness (QED) is 0.274. The SMILES string of the molecule is CCCCCc1cc(N)c2cc(Nc3cc(-c4ccc(C(F)(F)F)cc4)nc(N)n3)ccc2n1. The van der Waals surface area contributed by atoms with E-state index in [1.807, 2.05) is 24.3 Å². The molecule has 0 unspecified atom stereocenters. The summed E-state index contributed by atoms with van der Waals surface area (Å²) in [4.78, 5) is 13.1. The Balaban J connectivity index is 1.58. The van der Waals surface area contributed by atoms with Gasteiger partial charge in [0.05, 0.1) is 16.8 Å². The van der Waals surface area contributed by atoms with Gasteiger partial charge in [0.2, 0.25) is 5.95 Å². The van der Waals surface area contributed by atoms with E-state index in [0.29, 0.717) is 22.8 Å². The molecule has 9 heteroatoms. The molecule has 0 aliphatic heterocycles. The number of rotatable bonds is 7. The van der Waals surface area contributed by atoms with Crippen LogP contribution in [0.4, 0.5) is 36.3 Å². The van der Waals surface area contributed by atoms with Crippen molar-refractivity contribution in [3.8, 4) is 11.3 Å². The summed E-state index contributed by atoms with van der Waals surface area (Å²) in [5, 5.41) is 3.99. The van der Waals surface area contributed by atoms with Crippen LogP contribution in [0, 0.1) is 0 Å². The maximum absolute atomic E-state index is 12.9. The fraction of sp³-hybridized carbons (Fsp3) is 0.240. The lowest BCUT2D eigenvalue weighted by Gasteiger charge is -2.12. The molecule has 0 spiro atoms. The van der Waals surface area contributed by atoms with Crippen LogP contribution in [0.5, 0.6) is 0 Å². The standard InChI is InChI=1S/C25H25F3N6/c1-2-3-4-5-17-13-20(29)19-12-18(10-11-21(19)31-17)32-23-14-22(33-24(30)34-23)15-6-8-16(9-7-15)25(26,27)28/h6-14H,2-5H2,1H3,(H2,29,31)(H3,30,32,33,34). The Hall–Kier alpha value is -3.88. The summed E-state index contributed by atoms with van der Waals surface area (Å²) in [6.45, 7) is 2.16. The van der Waals surface area contributed by atoms with E-state index < -0.39 is 11.7 Å². The molecule has 0 radical (unpaired) electrons. The number of nitrogens with zero attached hydrogens (tertiary/aromatic N) is 3. The molecule has 2 aromatic carbocycles. The monoisotopic (exact) mass is 466 g/mol. The molecule has 0 aliphatic rings. The minimum Gasteiger partial charge on any atom is -0.398 e. The second-order valence-electron chi connectivity index (χ2n) is 8.09. The van der Waals surface area contributed by atoms with E-state index in [9.17, 15) is 13.2 Å². The molecule has 2 heterocycles. The number of halogens is 3. The highest BCUT2D eigenvalue weighted by Gasteiger charge is 2.30. The van der Waals surface area contributed by atoms with Gasteiger partial charge in [-0.25, -0.2) is 4.98 Å². The van der Waals surface area contributed by atoms with Crippen molar-refractivity contribution >= 4 is 34.0 Å². The molecule has 0 aliphatic carbocycles. The molecule has 0 atom stereocenters. The van der Waals surface area contributed by atoms with Crippen LogP contribution in [-0.4, -0.2) is 15.0 Å². The summed E-state index contributed by atoms with van der Waals surface area (Å²) < 4.78 is 38.6. The first-order valence-electron chi connectivity index (χ1n) is 11.0. The number of aromatic nitrogens is 3. The zero-order valence-electron chi connectivity index (χ0n) is 18.7. The second kappa shape index (κ2) is 9.54. The molecule has 34 heavy (non-hydrogen) atoms. The number of nitrogens with two attached hydrogens (primary N) is 2. The number of unbranched alkanes of at least 4 members (excludes halogenated alkanes) is 2. The minimum atomic E-state index is -4.40. The zero-order chi connectivity index (χ0) is 24.3. The van der Waals surface area contributed by atoms with Crippen molar-refractivity contribution in [1.82, 2.24) is 15.0 Å². The third-order valence-electron chi connectivity index (χ3n) is 5.45. The lowest BCUT2D eigenvalue weighted by molar-refractivity contribution is -0.137. The normalized spacial score (nSPS) is 11.6. The zero-order valence-corrected chi connectivity index (χ0v) is 18.7. The van der Waals surface area contributed by atoms with E-state index in [0.717, 1.165) is 60.1 Å². The molecular weight excluding hydrogens is 441 g/mol. The Labute approximate surface area is 195 Å². The summed E-state index contributed by atoms with van der Waals surface area (Å²) in [6.07, 6.45) is -0.143. The first kappa shape index (κ1) is 23.3. The van der Waals surface area contributed by atoms with Crippen molar-refractivity contribution in [3.05, 3.63) is 65.9 Å². The minimum absolute atomic E-state index is 0.00131. The lowest BCUT2D eigenvalue weighted by atomic mass is 10.1. The third kappa shape index (κ3) is 5.36. The van der Waals surface area contributed by atoms with E-state index in [4.69, 9.17) is 16.5 Å². The number of nitrogens with one attached hydrogen (secondary N) is 1.